The summed E-state index contributed by atoms with van der Waals surface area (Å²) in [6.45, 7) is 2.09. The predicted octanol–water partition coefficient (Wildman–Crippen LogP) is 2.53. The third kappa shape index (κ3) is 1.46. The normalized spacial score (nSPS) is 11.0. The number of anilines is 1. The van der Waals surface area contributed by atoms with Crippen molar-refractivity contribution in [1.29, 1.82) is 0 Å². The summed E-state index contributed by atoms with van der Waals surface area (Å²) in [5, 5.41) is 0. The fourth-order valence-corrected chi connectivity index (χ4v) is 2.32. The Morgan fingerprint density at radius 1 is 1.22 bits per heavy atom. The Morgan fingerprint density at radius 3 is 2.78 bits per heavy atom. The Bertz CT molecular complexity index is 728. The molecule has 90 valence electrons. The Hall–Kier alpha value is -2.36. The number of aryl methyl sites for hydroxylation is 2. The lowest BCUT2D eigenvalue weighted by molar-refractivity contribution is 0.955. The minimum atomic E-state index is 0.647. The van der Waals surface area contributed by atoms with E-state index in [2.05, 4.69) is 27.5 Å². The highest BCUT2D eigenvalue weighted by atomic mass is 15.1. The molecular formula is C14H14N4. The van der Waals surface area contributed by atoms with Crippen molar-refractivity contribution in [2.45, 2.75) is 6.92 Å². The predicted molar refractivity (Wildman–Crippen MR) is 73.1 cm³/mol. The number of hydrogen-bond acceptors (Lipinski definition) is 3. The van der Waals surface area contributed by atoms with Crippen LogP contribution in [0.5, 0.6) is 0 Å². The SMILES string of the molecule is Cc1cccc2nc(-c3ccncc3N)n(C)c12. The van der Waals surface area contributed by atoms with Gasteiger partial charge in [-0.3, -0.25) is 4.98 Å². The van der Waals surface area contributed by atoms with Crippen LogP contribution in [0.3, 0.4) is 0 Å². The molecule has 0 spiro atoms. The molecule has 4 heteroatoms. The largest absolute Gasteiger partial charge is 0.397 e. The van der Waals surface area contributed by atoms with Gasteiger partial charge in [-0.25, -0.2) is 4.98 Å². The Morgan fingerprint density at radius 2 is 2.06 bits per heavy atom. The molecule has 0 aliphatic heterocycles. The maximum atomic E-state index is 5.97. The van der Waals surface area contributed by atoms with Gasteiger partial charge < -0.3 is 10.3 Å². The number of hydrogen-bond donors (Lipinski definition) is 1. The van der Waals surface area contributed by atoms with Gasteiger partial charge in [0.25, 0.3) is 0 Å². The van der Waals surface area contributed by atoms with E-state index in [0.717, 1.165) is 22.4 Å². The van der Waals surface area contributed by atoms with E-state index in [4.69, 9.17) is 5.73 Å². The van der Waals surface area contributed by atoms with E-state index < -0.39 is 0 Å². The molecule has 1 aromatic carbocycles. The van der Waals surface area contributed by atoms with Crippen molar-refractivity contribution >= 4 is 16.7 Å². The number of pyridine rings is 1. The van der Waals surface area contributed by atoms with Crippen molar-refractivity contribution in [2.24, 2.45) is 7.05 Å². The molecule has 2 N–H and O–H groups in total. The lowest BCUT2D eigenvalue weighted by Gasteiger charge is -2.05. The lowest BCUT2D eigenvalue weighted by atomic mass is 10.2. The maximum absolute atomic E-state index is 5.97. The van der Waals surface area contributed by atoms with Crippen LogP contribution >= 0.6 is 0 Å². The van der Waals surface area contributed by atoms with Crippen LogP contribution in [-0.4, -0.2) is 14.5 Å². The van der Waals surface area contributed by atoms with Crippen LogP contribution < -0.4 is 5.73 Å². The number of nitrogens with two attached hydrogens (primary N) is 1. The van der Waals surface area contributed by atoms with Crippen LogP contribution in [0, 0.1) is 6.92 Å². The Kier molecular flexibility index (Phi) is 2.30. The summed E-state index contributed by atoms with van der Waals surface area (Å²) in [4.78, 5) is 8.67. The van der Waals surface area contributed by atoms with E-state index in [1.807, 2.05) is 25.2 Å². The number of fused-ring (bicyclic) bond motifs is 1. The van der Waals surface area contributed by atoms with E-state index >= 15 is 0 Å². The highest BCUT2D eigenvalue weighted by Crippen LogP contribution is 2.28. The molecule has 3 aromatic rings. The van der Waals surface area contributed by atoms with Gasteiger partial charge in [0.05, 0.1) is 22.9 Å². The van der Waals surface area contributed by atoms with Crippen LogP contribution in [0.15, 0.2) is 36.7 Å². The van der Waals surface area contributed by atoms with Crippen LogP contribution in [0.1, 0.15) is 5.56 Å². The molecule has 0 radical (unpaired) electrons. The minimum absolute atomic E-state index is 0.647. The Labute approximate surface area is 105 Å². The fraction of sp³-hybridized carbons (Fsp3) is 0.143. The second-order valence-electron chi connectivity index (χ2n) is 4.40. The monoisotopic (exact) mass is 238 g/mol. The van der Waals surface area contributed by atoms with Gasteiger partial charge in [0.1, 0.15) is 5.82 Å². The third-order valence-corrected chi connectivity index (χ3v) is 3.19. The van der Waals surface area contributed by atoms with E-state index in [9.17, 15) is 0 Å². The summed E-state index contributed by atoms with van der Waals surface area (Å²) in [6.07, 6.45) is 3.39. The second-order valence-corrected chi connectivity index (χ2v) is 4.40. The molecule has 2 aromatic heterocycles. The summed E-state index contributed by atoms with van der Waals surface area (Å²) < 4.78 is 2.08. The number of imidazole rings is 1. The lowest BCUT2D eigenvalue weighted by Crippen LogP contribution is -1.97. The van der Waals surface area contributed by atoms with Gasteiger partial charge in [-0.15, -0.1) is 0 Å². The molecular weight excluding hydrogens is 224 g/mol. The van der Waals surface area contributed by atoms with Crippen molar-refractivity contribution in [3.63, 3.8) is 0 Å². The first-order valence-corrected chi connectivity index (χ1v) is 5.80. The molecule has 0 unspecified atom stereocenters. The second kappa shape index (κ2) is 3.84. The molecule has 4 nitrogen and oxygen atoms in total. The van der Waals surface area contributed by atoms with E-state index in [-0.39, 0.29) is 0 Å². The summed E-state index contributed by atoms with van der Waals surface area (Å²) in [5.41, 5.74) is 10.9. The van der Waals surface area contributed by atoms with Crippen LogP contribution in [0.2, 0.25) is 0 Å². The summed E-state index contributed by atoms with van der Waals surface area (Å²) in [7, 11) is 2.01. The molecule has 0 saturated carbocycles. The first kappa shape index (κ1) is 10.8. The van der Waals surface area contributed by atoms with Crippen molar-refractivity contribution in [3.05, 3.63) is 42.2 Å². The molecule has 0 aliphatic rings. The molecule has 0 amide bonds. The van der Waals surface area contributed by atoms with Crippen molar-refractivity contribution in [2.75, 3.05) is 5.73 Å². The number of rotatable bonds is 1. The van der Waals surface area contributed by atoms with Gasteiger partial charge in [0, 0.05) is 18.8 Å². The molecule has 0 atom stereocenters. The average Bonchev–Trinajstić information content (AvgIpc) is 2.69. The molecule has 0 bridgehead atoms. The molecule has 0 aliphatic carbocycles. The summed E-state index contributed by atoms with van der Waals surface area (Å²) in [5.74, 6) is 0.874. The van der Waals surface area contributed by atoms with Crippen molar-refractivity contribution in [1.82, 2.24) is 14.5 Å². The van der Waals surface area contributed by atoms with Crippen molar-refractivity contribution in [3.8, 4) is 11.4 Å². The first-order chi connectivity index (χ1) is 8.68. The first-order valence-electron chi connectivity index (χ1n) is 5.80. The van der Waals surface area contributed by atoms with Crippen molar-refractivity contribution < 1.29 is 0 Å². The number of nitrogens with zero attached hydrogens (tertiary/aromatic N) is 3. The zero-order valence-electron chi connectivity index (χ0n) is 10.4. The van der Waals surface area contributed by atoms with Gasteiger partial charge in [-0.2, -0.15) is 0 Å². The van der Waals surface area contributed by atoms with E-state index in [1.54, 1.807) is 12.4 Å². The van der Waals surface area contributed by atoms with Gasteiger partial charge >= 0.3 is 0 Å². The number of aromatic nitrogens is 3. The summed E-state index contributed by atoms with van der Waals surface area (Å²) >= 11 is 0. The standard InChI is InChI=1S/C14H14N4/c1-9-4-3-5-12-13(9)18(2)14(17-12)10-6-7-16-8-11(10)15/h3-8H,15H2,1-2H3. The zero-order chi connectivity index (χ0) is 12.7. The fourth-order valence-electron chi connectivity index (χ4n) is 2.32. The van der Waals surface area contributed by atoms with E-state index in [0.29, 0.717) is 5.69 Å². The molecule has 0 saturated heterocycles. The van der Waals surface area contributed by atoms with Gasteiger partial charge in [-0.05, 0) is 24.6 Å². The average molecular weight is 238 g/mol. The van der Waals surface area contributed by atoms with Crippen LogP contribution in [0.4, 0.5) is 5.69 Å². The van der Waals surface area contributed by atoms with Gasteiger partial charge in [0.2, 0.25) is 0 Å². The number of benzene rings is 1. The van der Waals surface area contributed by atoms with E-state index in [1.165, 1.54) is 5.56 Å². The van der Waals surface area contributed by atoms with Crippen LogP contribution in [-0.2, 0) is 7.05 Å². The molecule has 2 heterocycles. The quantitative estimate of drug-likeness (QED) is 0.708. The van der Waals surface area contributed by atoms with Crippen LogP contribution in [0.25, 0.3) is 22.4 Å². The minimum Gasteiger partial charge on any atom is -0.397 e. The Balaban J connectivity index is 2.35. The highest BCUT2D eigenvalue weighted by Gasteiger charge is 2.13. The van der Waals surface area contributed by atoms with Gasteiger partial charge in [-0.1, -0.05) is 12.1 Å². The summed E-state index contributed by atoms with van der Waals surface area (Å²) in [6, 6.07) is 8.02. The number of para-hydroxylation sites is 1. The highest BCUT2D eigenvalue weighted by molar-refractivity contribution is 5.85. The molecule has 18 heavy (non-hydrogen) atoms. The molecule has 3 rings (SSSR count). The number of nitrogen functional groups attached to an aromatic ring is 1. The molecule has 0 fully saturated rings. The zero-order valence-corrected chi connectivity index (χ0v) is 10.4. The maximum Gasteiger partial charge on any atom is 0.143 e. The smallest absolute Gasteiger partial charge is 0.143 e. The third-order valence-electron chi connectivity index (χ3n) is 3.19. The topological polar surface area (TPSA) is 56.7 Å². The van der Waals surface area contributed by atoms with Gasteiger partial charge in [0.15, 0.2) is 0 Å².